The Kier molecular flexibility index (Phi) is 6.14. The normalized spacial score (nSPS) is 10.7. The Morgan fingerprint density at radius 2 is 1.89 bits per heavy atom. The molecular formula is C20H22N4O3. The zero-order valence-corrected chi connectivity index (χ0v) is 15.2. The third-order valence-corrected chi connectivity index (χ3v) is 4.12. The van der Waals surface area contributed by atoms with Crippen molar-refractivity contribution in [3.05, 3.63) is 60.0 Å². The number of nitrogens with one attached hydrogen (secondary N) is 1. The lowest BCUT2D eigenvalue weighted by atomic mass is 10.1. The van der Waals surface area contributed by atoms with E-state index in [-0.39, 0.29) is 24.5 Å². The smallest absolute Gasteiger partial charge is 0.220 e. The van der Waals surface area contributed by atoms with Crippen molar-refractivity contribution in [3.63, 3.8) is 0 Å². The van der Waals surface area contributed by atoms with Gasteiger partial charge >= 0.3 is 0 Å². The lowest BCUT2D eigenvalue weighted by molar-refractivity contribution is -0.121. The average Bonchev–Trinajstić information content (AvgIpc) is 3.10. The summed E-state index contributed by atoms with van der Waals surface area (Å²) in [7, 11) is 0. The SMILES string of the molecule is CCOc1ccc(C(=O)CCC(=O)NCCc2nnc3ccccn23)cc1. The molecule has 3 rings (SSSR count). The van der Waals surface area contributed by atoms with Gasteiger partial charge in [-0.15, -0.1) is 10.2 Å². The molecule has 7 nitrogen and oxygen atoms in total. The van der Waals surface area contributed by atoms with Crippen LogP contribution < -0.4 is 10.1 Å². The van der Waals surface area contributed by atoms with E-state index in [4.69, 9.17) is 4.74 Å². The largest absolute Gasteiger partial charge is 0.494 e. The molecule has 0 unspecified atom stereocenters. The minimum atomic E-state index is -0.150. The summed E-state index contributed by atoms with van der Waals surface area (Å²) in [4.78, 5) is 24.2. The van der Waals surface area contributed by atoms with E-state index in [1.807, 2.05) is 35.7 Å². The van der Waals surface area contributed by atoms with Crippen LogP contribution in [0.25, 0.3) is 5.65 Å². The minimum Gasteiger partial charge on any atom is -0.494 e. The number of carbonyl (C=O) groups excluding carboxylic acids is 2. The second-order valence-electron chi connectivity index (χ2n) is 6.03. The van der Waals surface area contributed by atoms with Crippen molar-refractivity contribution in [3.8, 4) is 5.75 Å². The first-order valence-corrected chi connectivity index (χ1v) is 8.99. The Morgan fingerprint density at radius 1 is 1.07 bits per heavy atom. The summed E-state index contributed by atoms with van der Waals surface area (Å²) in [5.74, 6) is 1.31. The van der Waals surface area contributed by atoms with Crippen LogP contribution in [0.1, 0.15) is 35.9 Å². The summed E-state index contributed by atoms with van der Waals surface area (Å²) in [6, 6.07) is 12.7. The Labute approximate surface area is 157 Å². The predicted octanol–water partition coefficient (Wildman–Crippen LogP) is 2.45. The maximum Gasteiger partial charge on any atom is 0.220 e. The summed E-state index contributed by atoms with van der Waals surface area (Å²) in [5, 5.41) is 11.0. The second kappa shape index (κ2) is 8.93. The predicted molar refractivity (Wildman–Crippen MR) is 101 cm³/mol. The van der Waals surface area contributed by atoms with Crippen LogP contribution in [0.15, 0.2) is 48.7 Å². The minimum absolute atomic E-state index is 0.0587. The van der Waals surface area contributed by atoms with Crippen molar-refractivity contribution >= 4 is 17.3 Å². The van der Waals surface area contributed by atoms with Crippen LogP contribution in [0.4, 0.5) is 0 Å². The van der Waals surface area contributed by atoms with Crippen molar-refractivity contribution in [2.24, 2.45) is 0 Å². The third-order valence-electron chi connectivity index (χ3n) is 4.12. The Morgan fingerprint density at radius 3 is 2.67 bits per heavy atom. The van der Waals surface area contributed by atoms with Crippen molar-refractivity contribution in [2.75, 3.05) is 13.2 Å². The van der Waals surface area contributed by atoms with E-state index in [1.54, 1.807) is 24.3 Å². The molecule has 0 aliphatic rings. The highest BCUT2D eigenvalue weighted by atomic mass is 16.5. The van der Waals surface area contributed by atoms with Crippen LogP contribution >= 0.6 is 0 Å². The quantitative estimate of drug-likeness (QED) is 0.588. The molecule has 2 aromatic heterocycles. The van der Waals surface area contributed by atoms with Gasteiger partial charge < -0.3 is 10.1 Å². The van der Waals surface area contributed by atoms with Crippen molar-refractivity contribution in [1.82, 2.24) is 19.9 Å². The molecule has 0 spiro atoms. The number of benzene rings is 1. The zero-order valence-electron chi connectivity index (χ0n) is 15.2. The number of Topliss-reactive ketones (excluding diaryl/α,β-unsaturated/α-hetero) is 1. The van der Waals surface area contributed by atoms with Gasteiger partial charge in [0.1, 0.15) is 11.6 Å². The molecule has 0 bridgehead atoms. The molecule has 0 atom stereocenters. The van der Waals surface area contributed by atoms with Crippen molar-refractivity contribution in [1.29, 1.82) is 0 Å². The maximum atomic E-state index is 12.2. The highest BCUT2D eigenvalue weighted by Gasteiger charge is 2.10. The monoisotopic (exact) mass is 366 g/mol. The van der Waals surface area contributed by atoms with E-state index >= 15 is 0 Å². The zero-order chi connectivity index (χ0) is 19.1. The fraction of sp³-hybridized carbons (Fsp3) is 0.300. The van der Waals surface area contributed by atoms with Gasteiger partial charge in [-0.25, -0.2) is 0 Å². The van der Waals surface area contributed by atoms with Crippen LogP contribution in [-0.4, -0.2) is 39.4 Å². The average molecular weight is 366 g/mol. The lowest BCUT2D eigenvalue weighted by Crippen LogP contribution is -2.26. The molecule has 3 aromatic rings. The first kappa shape index (κ1) is 18.6. The Bertz CT molecular complexity index is 918. The number of amides is 1. The summed E-state index contributed by atoms with van der Waals surface area (Å²) >= 11 is 0. The van der Waals surface area contributed by atoms with Gasteiger partial charge in [0, 0.05) is 37.6 Å². The Hall–Kier alpha value is -3.22. The summed E-state index contributed by atoms with van der Waals surface area (Å²) < 4.78 is 7.24. The van der Waals surface area contributed by atoms with Gasteiger partial charge in [0.2, 0.25) is 5.91 Å². The fourth-order valence-corrected chi connectivity index (χ4v) is 2.74. The number of aromatic nitrogens is 3. The van der Waals surface area contributed by atoms with Crippen LogP contribution in [0.5, 0.6) is 5.75 Å². The number of nitrogens with zero attached hydrogens (tertiary/aromatic N) is 3. The molecule has 1 aromatic carbocycles. The molecule has 0 radical (unpaired) electrons. The van der Waals surface area contributed by atoms with Crippen molar-refractivity contribution < 1.29 is 14.3 Å². The van der Waals surface area contributed by atoms with E-state index < -0.39 is 0 Å². The number of hydrogen-bond donors (Lipinski definition) is 1. The molecule has 1 amide bonds. The number of pyridine rings is 1. The first-order valence-electron chi connectivity index (χ1n) is 8.99. The summed E-state index contributed by atoms with van der Waals surface area (Å²) in [6.45, 7) is 2.94. The molecule has 1 N–H and O–H groups in total. The Balaban J connectivity index is 1.42. The van der Waals surface area contributed by atoms with Crippen LogP contribution in [0, 0.1) is 0 Å². The highest BCUT2D eigenvalue weighted by Crippen LogP contribution is 2.14. The van der Waals surface area contributed by atoms with Crippen LogP contribution in [-0.2, 0) is 11.2 Å². The van der Waals surface area contributed by atoms with Crippen molar-refractivity contribution in [2.45, 2.75) is 26.2 Å². The molecule has 140 valence electrons. The second-order valence-corrected chi connectivity index (χ2v) is 6.03. The van der Waals surface area contributed by atoms with Gasteiger partial charge in [0.05, 0.1) is 6.61 Å². The topological polar surface area (TPSA) is 85.6 Å². The maximum absolute atomic E-state index is 12.2. The first-order chi connectivity index (χ1) is 13.2. The van der Waals surface area contributed by atoms with E-state index in [2.05, 4.69) is 15.5 Å². The lowest BCUT2D eigenvalue weighted by Gasteiger charge is -2.06. The molecule has 0 aliphatic heterocycles. The van der Waals surface area contributed by atoms with Gasteiger partial charge in [-0.1, -0.05) is 6.07 Å². The van der Waals surface area contributed by atoms with E-state index in [0.29, 0.717) is 25.1 Å². The number of carbonyl (C=O) groups is 2. The highest BCUT2D eigenvalue weighted by molar-refractivity contribution is 5.98. The summed E-state index contributed by atoms with van der Waals surface area (Å²) in [5.41, 5.74) is 1.36. The van der Waals surface area contributed by atoms with Gasteiger partial charge in [0.15, 0.2) is 11.4 Å². The summed E-state index contributed by atoms with van der Waals surface area (Å²) in [6.07, 6.45) is 2.80. The number of hydrogen-bond acceptors (Lipinski definition) is 5. The number of ketones is 1. The molecule has 0 saturated carbocycles. The number of fused-ring (bicyclic) bond motifs is 1. The third kappa shape index (κ3) is 4.91. The van der Waals surface area contributed by atoms with E-state index in [0.717, 1.165) is 17.2 Å². The fourth-order valence-electron chi connectivity index (χ4n) is 2.74. The molecule has 27 heavy (non-hydrogen) atoms. The van der Waals surface area contributed by atoms with Crippen LogP contribution in [0.2, 0.25) is 0 Å². The molecule has 0 aliphatic carbocycles. The van der Waals surface area contributed by atoms with Gasteiger partial charge in [0.25, 0.3) is 0 Å². The number of ether oxygens (including phenoxy) is 1. The molecule has 0 fully saturated rings. The van der Waals surface area contributed by atoms with Gasteiger partial charge in [-0.2, -0.15) is 0 Å². The van der Waals surface area contributed by atoms with Crippen LogP contribution in [0.3, 0.4) is 0 Å². The van der Waals surface area contributed by atoms with Gasteiger partial charge in [-0.05, 0) is 43.3 Å². The van der Waals surface area contributed by atoms with E-state index in [1.165, 1.54) is 0 Å². The number of rotatable bonds is 9. The molecular weight excluding hydrogens is 344 g/mol. The molecule has 2 heterocycles. The standard InChI is InChI=1S/C20H22N4O3/c1-2-27-16-8-6-15(7-9-16)17(25)10-11-20(26)21-13-12-19-23-22-18-5-3-4-14-24(18)19/h3-9,14H,2,10-13H2,1H3,(H,21,26). The van der Waals surface area contributed by atoms with Gasteiger partial charge in [-0.3, -0.25) is 14.0 Å². The molecule has 7 heteroatoms. The molecule has 0 saturated heterocycles. The van der Waals surface area contributed by atoms with E-state index in [9.17, 15) is 9.59 Å².